The van der Waals surface area contributed by atoms with Crippen LogP contribution in [0.4, 0.5) is 5.82 Å². The Bertz CT molecular complexity index is 293. The second-order valence-electron chi connectivity index (χ2n) is 2.38. The number of aromatic nitrogens is 2. The second kappa shape index (κ2) is 4.36. The van der Waals surface area contributed by atoms with Gasteiger partial charge in [-0.1, -0.05) is 0 Å². The number of H-pyrrole nitrogens is 1. The lowest BCUT2D eigenvalue weighted by atomic mass is 10.3. The average Bonchev–Trinajstić information content (AvgIpc) is 2.57. The second-order valence-corrected chi connectivity index (χ2v) is 2.38. The van der Waals surface area contributed by atoms with Gasteiger partial charge in [0.05, 0.1) is 12.7 Å². The highest BCUT2D eigenvalue weighted by Gasteiger charge is 2.12. The summed E-state index contributed by atoms with van der Waals surface area (Å²) < 4.78 is 0. The van der Waals surface area contributed by atoms with Crippen LogP contribution in [0.5, 0.6) is 0 Å². The molecule has 0 spiro atoms. The molecule has 0 aromatic carbocycles. The molecular formula is C7H10N4O2. The fourth-order valence-electron chi connectivity index (χ4n) is 0.758. The number of aromatic amines is 1. The molecule has 0 aliphatic carbocycles. The fourth-order valence-corrected chi connectivity index (χ4v) is 0.758. The molecule has 6 heteroatoms. The lowest BCUT2D eigenvalue weighted by molar-refractivity contribution is -0.134. The Kier molecular flexibility index (Phi) is 3.15. The van der Waals surface area contributed by atoms with Gasteiger partial charge in [-0.3, -0.25) is 14.7 Å². The first-order chi connectivity index (χ1) is 6.24. The number of likely N-dealkylation sites (N-methyl/N-ethyl adjacent to an activating group) is 1. The van der Waals surface area contributed by atoms with Crippen molar-refractivity contribution >= 4 is 17.5 Å². The molecule has 1 aromatic rings. The summed E-state index contributed by atoms with van der Waals surface area (Å²) in [6.07, 6.45) is 1.48. The summed E-state index contributed by atoms with van der Waals surface area (Å²) in [6.45, 7) is 0.0277. The number of hydrogen-bond donors (Lipinski definition) is 3. The van der Waals surface area contributed by atoms with E-state index in [0.29, 0.717) is 5.82 Å². The molecule has 0 unspecified atom stereocenters. The molecule has 0 bridgehead atoms. The molecule has 1 heterocycles. The van der Waals surface area contributed by atoms with Crippen LogP contribution in [0.25, 0.3) is 0 Å². The number of carbonyl (C=O) groups excluding carboxylic acids is 2. The van der Waals surface area contributed by atoms with Gasteiger partial charge in [-0.2, -0.15) is 5.10 Å². The maximum absolute atomic E-state index is 11.1. The predicted molar refractivity (Wildman–Crippen MR) is 46.2 cm³/mol. The Balaban J connectivity index is 2.46. The van der Waals surface area contributed by atoms with Crippen LogP contribution < -0.4 is 10.6 Å². The number of ketones is 1. The van der Waals surface area contributed by atoms with Gasteiger partial charge >= 0.3 is 0 Å². The molecule has 13 heavy (non-hydrogen) atoms. The van der Waals surface area contributed by atoms with E-state index in [2.05, 4.69) is 20.8 Å². The third-order valence-corrected chi connectivity index (χ3v) is 1.34. The summed E-state index contributed by atoms with van der Waals surface area (Å²) in [7, 11) is 1.60. The van der Waals surface area contributed by atoms with Crippen molar-refractivity contribution in [2.75, 3.05) is 18.9 Å². The SMILES string of the molecule is CNCC(=O)C(=O)Nc1ccn[nH]1. The topological polar surface area (TPSA) is 86.9 Å². The highest BCUT2D eigenvalue weighted by atomic mass is 16.2. The molecule has 0 aliphatic heterocycles. The monoisotopic (exact) mass is 182 g/mol. The standard InChI is InChI=1S/C7H10N4O2/c1-8-4-5(12)7(13)10-6-2-3-9-11-6/h2-3,8H,4H2,1H3,(H2,9,10,11,13). The molecule has 3 N–H and O–H groups in total. The molecule has 1 aromatic heterocycles. The minimum Gasteiger partial charge on any atom is -0.313 e. The van der Waals surface area contributed by atoms with Crippen molar-refractivity contribution < 1.29 is 9.59 Å². The number of rotatable bonds is 4. The average molecular weight is 182 g/mol. The molecule has 0 radical (unpaired) electrons. The van der Waals surface area contributed by atoms with E-state index in [1.165, 1.54) is 6.20 Å². The van der Waals surface area contributed by atoms with Crippen LogP contribution >= 0.6 is 0 Å². The molecule has 0 fully saturated rings. The third-order valence-electron chi connectivity index (χ3n) is 1.34. The van der Waals surface area contributed by atoms with E-state index in [1.54, 1.807) is 13.1 Å². The van der Waals surface area contributed by atoms with Crippen molar-refractivity contribution in [1.29, 1.82) is 0 Å². The summed E-state index contributed by atoms with van der Waals surface area (Å²) >= 11 is 0. The molecule has 6 nitrogen and oxygen atoms in total. The van der Waals surface area contributed by atoms with E-state index in [9.17, 15) is 9.59 Å². The molecule has 0 atom stereocenters. The van der Waals surface area contributed by atoms with Crippen molar-refractivity contribution in [3.05, 3.63) is 12.3 Å². The Morgan fingerprint density at radius 3 is 2.92 bits per heavy atom. The van der Waals surface area contributed by atoms with Crippen LogP contribution in [0.15, 0.2) is 12.3 Å². The molecule has 0 saturated carbocycles. The minimum absolute atomic E-state index is 0.0277. The Morgan fingerprint density at radius 1 is 1.62 bits per heavy atom. The fraction of sp³-hybridized carbons (Fsp3) is 0.286. The normalized spacial score (nSPS) is 9.62. The van der Waals surface area contributed by atoms with E-state index >= 15 is 0 Å². The van der Waals surface area contributed by atoms with Crippen molar-refractivity contribution in [1.82, 2.24) is 15.5 Å². The van der Waals surface area contributed by atoms with Crippen LogP contribution in [0.2, 0.25) is 0 Å². The number of nitrogens with zero attached hydrogens (tertiary/aromatic N) is 1. The first-order valence-corrected chi connectivity index (χ1v) is 3.72. The Labute approximate surface area is 74.7 Å². The first-order valence-electron chi connectivity index (χ1n) is 3.72. The van der Waals surface area contributed by atoms with Gasteiger partial charge in [0.1, 0.15) is 5.82 Å². The molecule has 70 valence electrons. The number of amides is 1. The molecule has 1 amide bonds. The molecule has 0 saturated heterocycles. The third kappa shape index (κ3) is 2.68. The Morgan fingerprint density at radius 2 is 2.38 bits per heavy atom. The van der Waals surface area contributed by atoms with Gasteiger partial charge < -0.3 is 10.6 Å². The highest BCUT2D eigenvalue weighted by molar-refractivity contribution is 6.41. The van der Waals surface area contributed by atoms with Crippen LogP contribution in [0.3, 0.4) is 0 Å². The highest BCUT2D eigenvalue weighted by Crippen LogP contribution is 1.97. The van der Waals surface area contributed by atoms with Gasteiger partial charge in [-0.05, 0) is 7.05 Å². The lowest BCUT2D eigenvalue weighted by Gasteiger charge is -1.99. The lowest BCUT2D eigenvalue weighted by Crippen LogP contribution is -2.31. The summed E-state index contributed by atoms with van der Waals surface area (Å²) in [5.74, 6) is -0.759. The van der Waals surface area contributed by atoms with Crippen LogP contribution in [-0.2, 0) is 9.59 Å². The van der Waals surface area contributed by atoms with Gasteiger partial charge in [0.2, 0.25) is 5.78 Å². The Hall–Kier alpha value is -1.69. The summed E-state index contributed by atoms with van der Waals surface area (Å²) in [5.41, 5.74) is 0. The maximum atomic E-state index is 11.1. The number of Topliss-reactive ketones (excluding diaryl/α,β-unsaturated/α-hetero) is 1. The van der Waals surface area contributed by atoms with Crippen LogP contribution in [0, 0.1) is 0 Å². The summed E-state index contributed by atoms with van der Waals surface area (Å²) in [6, 6.07) is 1.56. The van der Waals surface area contributed by atoms with Crippen molar-refractivity contribution in [3.63, 3.8) is 0 Å². The predicted octanol–water partition coefficient (Wildman–Crippen LogP) is -0.863. The maximum Gasteiger partial charge on any atom is 0.294 e. The number of hydrogen-bond acceptors (Lipinski definition) is 4. The molecule has 0 aliphatic rings. The quantitative estimate of drug-likeness (QED) is 0.528. The van der Waals surface area contributed by atoms with Crippen molar-refractivity contribution in [2.24, 2.45) is 0 Å². The zero-order valence-electron chi connectivity index (χ0n) is 7.13. The number of carbonyl (C=O) groups is 2. The van der Waals surface area contributed by atoms with E-state index in [0.717, 1.165) is 0 Å². The molecular weight excluding hydrogens is 172 g/mol. The molecule has 1 rings (SSSR count). The number of anilines is 1. The zero-order valence-corrected chi connectivity index (χ0v) is 7.13. The zero-order chi connectivity index (χ0) is 9.68. The van der Waals surface area contributed by atoms with E-state index in [4.69, 9.17) is 0 Å². The van der Waals surface area contributed by atoms with Crippen LogP contribution in [0.1, 0.15) is 0 Å². The van der Waals surface area contributed by atoms with Gasteiger partial charge in [0, 0.05) is 6.07 Å². The van der Waals surface area contributed by atoms with Gasteiger partial charge in [-0.15, -0.1) is 0 Å². The largest absolute Gasteiger partial charge is 0.313 e. The number of nitrogens with one attached hydrogen (secondary N) is 3. The van der Waals surface area contributed by atoms with Crippen molar-refractivity contribution in [3.8, 4) is 0 Å². The summed E-state index contributed by atoms with van der Waals surface area (Å²) in [5, 5.41) is 11.1. The first kappa shape index (κ1) is 9.40. The van der Waals surface area contributed by atoms with Gasteiger partial charge in [0.15, 0.2) is 0 Å². The minimum atomic E-state index is -0.654. The van der Waals surface area contributed by atoms with Crippen LogP contribution in [-0.4, -0.2) is 35.5 Å². The smallest absolute Gasteiger partial charge is 0.294 e. The van der Waals surface area contributed by atoms with E-state index in [-0.39, 0.29) is 6.54 Å². The summed E-state index contributed by atoms with van der Waals surface area (Å²) in [4.78, 5) is 22.0. The van der Waals surface area contributed by atoms with Crippen molar-refractivity contribution in [2.45, 2.75) is 0 Å². The van der Waals surface area contributed by atoms with Gasteiger partial charge in [-0.25, -0.2) is 0 Å². The van der Waals surface area contributed by atoms with E-state index in [1.807, 2.05) is 0 Å². The van der Waals surface area contributed by atoms with E-state index < -0.39 is 11.7 Å². The van der Waals surface area contributed by atoms with Gasteiger partial charge in [0.25, 0.3) is 5.91 Å².